The standard InChI is InChI=1S/C20H20O8/c1-26-16-8-6-15(7-9-16)20(25)28-12-18(23)17(22)11-27-19(24)14-4-2-13(10-21)3-5-14/h2-10,17-18,22-23H,11-12H2,1H3. The zero-order valence-electron chi connectivity index (χ0n) is 15.1. The SMILES string of the molecule is COc1ccc(C(=O)OCC(O)C(O)COC(=O)c2ccc(C=O)cc2)cc1. The Morgan fingerprint density at radius 1 is 0.857 bits per heavy atom. The molecular weight excluding hydrogens is 368 g/mol. The van der Waals surface area contributed by atoms with Crippen molar-refractivity contribution in [2.45, 2.75) is 12.2 Å². The van der Waals surface area contributed by atoms with Gasteiger partial charge in [0.2, 0.25) is 0 Å². The Hall–Kier alpha value is -3.23. The summed E-state index contributed by atoms with van der Waals surface area (Å²) in [6, 6.07) is 11.9. The Morgan fingerprint density at radius 2 is 1.29 bits per heavy atom. The first-order chi connectivity index (χ1) is 13.4. The average molecular weight is 388 g/mol. The molecule has 0 aliphatic carbocycles. The summed E-state index contributed by atoms with van der Waals surface area (Å²) < 4.78 is 14.8. The second-order valence-corrected chi connectivity index (χ2v) is 5.80. The number of esters is 2. The van der Waals surface area contributed by atoms with Crippen molar-refractivity contribution in [2.75, 3.05) is 20.3 Å². The Kier molecular flexibility index (Phi) is 7.67. The van der Waals surface area contributed by atoms with Crippen LogP contribution in [-0.4, -0.2) is 61.0 Å². The van der Waals surface area contributed by atoms with E-state index in [4.69, 9.17) is 14.2 Å². The quantitative estimate of drug-likeness (QED) is 0.486. The summed E-state index contributed by atoms with van der Waals surface area (Å²) in [5.41, 5.74) is 0.858. The highest BCUT2D eigenvalue weighted by Crippen LogP contribution is 2.12. The average Bonchev–Trinajstić information content (AvgIpc) is 2.75. The third kappa shape index (κ3) is 5.90. The molecule has 0 saturated heterocycles. The number of ether oxygens (including phenoxy) is 3. The Morgan fingerprint density at radius 3 is 1.68 bits per heavy atom. The van der Waals surface area contributed by atoms with Crippen LogP contribution in [0, 0.1) is 0 Å². The number of hydrogen-bond donors (Lipinski definition) is 2. The number of rotatable bonds is 9. The van der Waals surface area contributed by atoms with Crippen molar-refractivity contribution in [3.05, 3.63) is 65.2 Å². The van der Waals surface area contributed by atoms with E-state index in [0.29, 0.717) is 17.6 Å². The van der Waals surface area contributed by atoms with Gasteiger partial charge in [0.25, 0.3) is 0 Å². The molecule has 0 aliphatic rings. The molecule has 148 valence electrons. The molecule has 2 aromatic carbocycles. The van der Waals surface area contributed by atoms with Crippen LogP contribution < -0.4 is 4.74 Å². The fourth-order valence-corrected chi connectivity index (χ4v) is 2.14. The van der Waals surface area contributed by atoms with Crippen LogP contribution in [0.5, 0.6) is 5.75 Å². The fourth-order valence-electron chi connectivity index (χ4n) is 2.14. The van der Waals surface area contributed by atoms with Gasteiger partial charge in [0.05, 0.1) is 18.2 Å². The molecule has 2 unspecified atom stereocenters. The first-order valence-electron chi connectivity index (χ1n) is 8.34. The van der Waals surface area contributed by atoms with Gasteiger partial charge < -0.3 is 24.4 Å². The minimum atomic E-state index is -1.44. The van der Waals surface area contributed by atoms with Gasteiger partial charge in [0, 0.05) is 5.56 Å². The molecule has 0 aromatic heterocycles. The first kappa shape index (κ1) is 21.1. The minimum absolute atomic E-state index is 0.193. The van der Waals surface area contributed by atoms with Gasteiger partial charge in [-0.2, -0.15) is 0 Å². The van der Waals surface area contributed by atoms with Crippen LogP contribution >= 0.6 is 0 Å². The lowest BCUT2D eigenvalue weighted by atomic mass is 10.1. The molecule has 0 aliphatic heterocycles. The number of aldehydes is 1. The second-order valence-electron chi connectivity index (χ2n) is 5.80. The number of benzene rings is 2. The second kappa shape index (κ2) is 10.2. The van der Waals surface area contributed by atoms with Gasteiger partial charge in [-0.1, -0.05) is 12.1 Å². The Labute approximate surface area is 161 Å². The van der Waals surface area contributed by atoms with Crippen LogP contribution in [0.15, 0.2) is 48.5 Å². The summed E-state index contributed by atoms with van der Waals surface area (Å²) in [5.74, 6) is -0.824. The van der Waals surface area contributed by atoms with Crippen LogP contribution in [0.3, 0.4) is 0 Å². The number of methoxy groups -OCH3 is 1. The molecule has 0 amide bonds. The molecule has 2 atom stereocenters. The molecule has 0 radical (unpaired) electrons. The largest absolute Gasteiger partial charge is 0.497 e. The Balaban J connectivity index is 1.78. The zero-order chi connectivity index (χ0) is 20.5. The molecule has 2 rings (SSSR count). The number of carbonyl (C=O) groups is 3. The first-order valence-corrected chi connectivity index (χ1v) is 8.34. The van der Waals surface area contributed by atoms with Crippen molar-refractivity contribution in [2.24, 2.45) is 0 Å². The number of carbonyl (C=O) groups excluding carboxylic acids is 3. The fraction of sp³-hybridized carbons (Fsp3) is 0.250. The van der Waals surface area contributed by atoms with Gasteiger partial charge >= 0.3 is 11.9 Å². The number of hydrogen-bond acceptors (Lipinski definition) is 8. The van der Waals surface area contributed by atoms with E-state index in [1.165, 1.54) is 43.5 Å². The predicted octanol–water partition coefficient (Wildman–Crippen LogP) is 1.24. The molecule has 8 nitrogen and oxygen atoms in total. The molecule has 2 N–H and O–H groups in total. The molecule has 28 heavy (non-hydrogen) atoms. The zero-order valence-corrected chi connectivity index (χ0v) is 15.1. The van der Waals surface area contributed by atoms with E-state index in [9.17, 15) is 24.6 Å². The summed E-state index contributed by atoms with van der Waals surface area (Å²) in [4.78, 5) is 34.4. The molecule has 0 bridgehead atoms. The van der Waals surface area contributed by atoms with E-state index < -0.39 is 37.4 Å². The van der Waals surface area contributed by atoms with Crippen molar-refractivity contribution in [3.8, 4) is 5.75 Å². The van der Waals surface area contributed by atoms with E-state index in [-0.39, 0.29) is 11.1 Å². The Bertz CT molecular complexity index is 798. The van der Waals surface area contributed by atoms with Crippen LogP contribution in [0.2, 0.25) is 0 Å². The maximum atomic E-state index is 11.9. The normalized spacial score (nSPS) is 12.5. The van der Waals surface area contributed by atoms with E-state index in [2.05, 4.69) is 0 Å². The summed E-state index contributed by atoms with van der Waals surface area (Å²) in [6.07, 6.45) is -2.24. The smallest absolute Gasteiger partial charge is 0.338 e. The summed E-state index contributed by atoms with van der Waals surface area (Å²) in [6.45, 7) is -0.965. The lowest BCUT2D eigenvalue weighted by molar-refractivity contribution is -0.0529. The van der Waals surface area contributed by atoms with Gasteiger partial charge in [0.1, 0.15) is 37.5 Å². The summed E-state index contributed by atoms with van der Waals surface area (Å²) in [7, 11) is 1.50. The van der Waals surface area contributed by atoms with Gasteiger partial charge in [-0.15, -0.1) is 0 Å². The van der Waals surface area contributed by atoms with Gasteiger partial charge in [0.15, 0.2) is 0 Å². The van der Waals surface area contributed by atoms with Crippen LogP contribution in [0.1, 0.15) is 31.1 Å². The van der Waals surface area contributed by atoms with E-state index in [1.807, 2.05) is 0 Å². The highest BCUT2D eigenvalue weighted by atomic mass is 16.6. The predicted molar refractivity (Wildman–Crippen MR) is 97.4 cm³/mol. The van der Waals surface area contributed by atoms with Gasteiger partial charge in [-0.25, -0.2) is 9.59 Å². The van der Waals surface area contributed by atoms with Gasteiger partial charge in [-0.3, -0.25) is 4.79 Å². The highest BCUT2D eigenvalue weighted by molar-refractivity contribution is 5.90. The van der Waals surface area contributed by atoms with E-state index in [0.717, 1.165) is 0 Å². The molecule has 0 heterocycles. The van der Waals surface area contributed by atoms with Crippen LogP contribution in [0.4, 0.5) is 0 Å². The molecule has 0 spiro atoms. The van der Waals surface area contributed by atoms with Crippen molar-refractivity contribution >= 4 is 18.2 Å². The third-order valence-corrected chi connectivity index (χ3v) is 3.82. The minimum Gasteiger partial charge on any atom is -0.497 e. The van der Waals surface area contributed by atoms with Crippen molar-refractivity contribution in [1.82, 2.24) is 0 Å². The topological polar surface area (TPSA) is 119 Å². The molecule has 2 aromatic rings. The third-order valence-electron chi connectivity index (χ3n) is 3.82. The van der Waals surface area contributed by atoms with E-state index in [1.54, 1.807) is 12.1 Å². The molecule has 0 saturated carbocycles. The van der Waals surface area contributed by atoms with Crippen molar-refractivity contribution < 1.29 is 38.8 Å². The monoisotopic (exact) mass is 388 g/mol. The van der Waals surface area contributed by atoms with Crippen molar-refractivity contribution in [3.63, 3.8) is 0 Å². The molecule has 8 heteroatoms. The maximum Gasteiger partial charge on any atom is 0.338 e. The maximum absolute atomic E-state index is 11.9. The number of aliphatic hydroxyl groups is 2. The van der Waals surface area contributed by atoms with Gasteiger partial charge in [-0.05, 0) is 36.4 Å². The molecular formula is C20H20O8. The lowest BCUT2D eigenvalue weighted by Crippen LogP contribution is -2.35. The summed E-state index contributed by atoms with van der Waals surface area (Å²) in [5, 5.41) is 19.7. The number of aliphatic hydroxyl groups excluding tert-OH is 2. The van der Waals surface area contributed by atoms with Crippen LogP contribution in [0.25, 0.3) is 0 Å². The van der Waals surface area contributed by atoms with Crippen molar-refractivity contribution in [1.29, 1.82) is 0 Å². The van der Waals surface area contributed by atoms with Crippen LogP contribution in [-0.2, 0) is 9.47 Å². The highest BCUT2D eigenvalue weighted by Gasteiger charge is 2.21. The summed E-state index contributed by atoms with van der Waals surface area (Å²) >= 11 is 0. The van der Waals surface area contributed by atoms with E-state index >= 15 is 0 Å². The molecule has 0 fully saturated rings. The lowest BCUT2D eigenvalue weighted by Gasteiger charge is -2.17.